The van der Waals surface area contributed by atoms with Gasteiger partial charge in [-0.25, -0.2) is 15.0 Å². The molecule has 4 aromatic rings. The van der Waals surface area contributed by atoms with Crippen LogP contribution in [0.1, 0.15) is 177 Å². The van der Waals surface area contributed by atoms with Gasteiger partial charge in [0.1, 0.15) is 27.8 Å². The van der Waals surface area contributed by atoms with Crippen LogP contribution in [-0.2, 0) is 4.74 Å². The second-order valence-corrected chi connectivity index (χ2v) is 19.6. The zero-order chi connectivity index (χ0) is 43.9. The number of rotatable bonds is 31. The minimum absolute atomic E-state index is 0.00759. The number of aryl methyl sites for hydroxylation is 4. The molecule has 2 unspecified atom stereocenters. The second-order valence-electron chi connectivity index (χ2n) is 17.6. The Hall–Kier alpha value is -3.08. The van der Waals surface area contributed by atoms with Crippen molar-refractivity contribution in [3.05, 3.63) is 76.9 Å². The Kier molecular flexibility index (Phi) is 23.1. The molecule has 0 radical (unpaired) electrons. The summed E-state index contributed by atoms with van der Waals surface area (Å²) in [4.78, 5) is 14.7. The number of benzene rings is 3. The molecule has 0 aliphatic heterocycles. The highest BCUT2D eigenvalue weighted by Gasteiger charge is 2.28. The number of aliphatic hydroxyl groups excluding tert-OH is 1. The molecule has 336 valence electrons. The summed E-state index contributed by atoms with van der Waals surface area (Å²) in [5.41, 5.74) is 6.77. The summed E-state index contributed by atoms with van der Waals surface area (Å²) < 4.78 is 12.3. The maximum absolute atomic E-state index is 11.3. The van der Waals surface area contributed by atoms with Crippen LogP contribution in [0.25, 0.3) is 34.2 Å². The largest absolute Gasteiger partial charge is 0.507 e. The number of nitrogens with zero attached hydrogens (tertiary/aromatic N) is 3. The molecule has 1 aromatic heterocycles. The first-order valence-electron chi connectivity index (χ1n) is 23.9. The van der Waals surface area contributed by atoms with Crippen LogP contribution in [0.3, 0.4) is 0 Å². The Morgan fingerprint density at radius 3 is 1.33 bits per heavy atom. The number of halogens is 1. The molecule has 0 aliphatic rings. The molecular formula is C53H78IN3O4. The van der Waals surface area contributed by atoms with E-state index in [1.807, 2.05) is 12.1 Å². The van der Waals surface area contributed by atoms with Crippen molar-refractivity contribution >= 4 is 22.6 Å². The first-order valence-corrected chi connectivity index (χ1v) is 25.0. The SMILES string of the molecule is CCCCCCCCCCCCCC(I)(CCCCCCCCCCC)OCC(O)COc1ccc(-c2nc(-c3ccc(C)cc3C)nc(-c3ccc(C)cc3C)n2)c(O)c1. The molecule has 0 amide bonds. The quantitative estimate of drug-likeness (QED) is 0.0295. The molecule has 61 heavy (non-hydrogen) atoms. The summed E-state index contributed by atoms with van der Waals surface area (Å²) >= 11 is 2.53. The molecule has 0 saturated carbocycles. The van der Waals surface area contributed by atoms with Crippen LogP contribution in [0.15, 0.2) is 54.6 Å². The number of hydrogen-bond donors (Lipinski definition) is 2. The van der Waals surface area contributed by atoms with E-state index in [1.54, 1.807) is 18.2 Å². The summed E-state index contributed by atoms with van der Waals surface area (Å²) in [6.07, 6.45) is 27.5. The third-order valence-electron chi connectivity index (χ3n) is 11.9. The van der Waals surface area contributed by atoms with Crippen molar-refractivity contribution in [3.8, 4) is 45.7 Å². The van der Waals surface area contributed by atoms with Gasteiger partial charge in [0.2, 0.25) is 0 Å². The maximum Gasteiger partial charge on any atom is 0.167 e. The van der Waals surface area contributed by atoms with Crippen LogP contribution >= 0.6 is 22.6 Å². The zero-order valence-electron chi connectivity index (χ0n) is 38.7. The lowest BCUT2D eigenvalue weighted by atomic mass is 10.0. The first kappa shape index (κ1) is 50.6. The fraction of sp³-hybridized carbons (Fsp3) is 0.604. The lowest BCUT2D eigenvalue weighted by Crippen LogP contribution is -2.32. The van der Waals surface area contributed by atoms with E-state index in [0.29, 0.717) is 28.8 Å². The normalized spacial score (nSPS) is 13.0. The van der Waals surface area contributed by atoms with Crippen LogP contribution in [0.4, 0.5) is 0 Å². The second kappa shape index (κ2) is 27.9. The van der Waals surface area contributed by atoms with E-state index in [4.69, 9.17) is 24.4 Å². The number of aromatic hydroxyl groups is 1. The molecule has 0 saturated heterocycles. The van der Waals surface area contributed by atoms with Crippen molar-refractivity contribution in [2.45, 2.75) is 193 Å². The molecule has 1 heterocycles. The Morgan fingerprint density at radius 1 is 0.525 bits per heavy atom. The molecule has 0 fully saturated rings. The van der Waals surface area contributed by atoms with Gasteiger partial charge in [-0.15, -0.1) is 0 Å². The van der Waals surface area contributed by atoms with Gasteiger partial charge in [0.05, 0.1) is 12.2 Å². The number of hydrogen-bond acceptors (Lipinski definition) is 7. The minimum Gasteiger partial charge on any atom is -0.507 e. The Morgan fingerprint density at radius 2 is 0.918 bits per heavy atom. The van der Waals surface area contributed by atoms with Crippen LogP contribution in [-0.4, -0.2) is 48.1 Å². The Bertz CT molecular complexity index is 1800. The topological polar surface area (TPSA) is 97.6 Å². The molecule has 0 bridgehead atoms. The van der Waals surface area contributed by atoms with Crippen molar-refractivity contribution in [3.63, 3.8) is 0 Å². The summed E-state index contributed by atoms with van der Waals surface area (Å²) in [6, 6.07) is 17.6. The first-order chi connectivity index (χ1) is 29.5. The van der Waals surface area contributed by atoms with Gasteiger partial charge in [0.25, 0.3) is 0 Å². The van der Waals surface area contributed by atoms with Crippen molar-refractivity contribution in [1.29, 1.82) is 0 Å². The van der Waals surface area contributed by atoms with E-state index in [-0.39, 0.29) is 22.6 Å². The van der Waals surface area contributed by atoms with Crippen LogP contribution in [0, 0.1) is 27.7 Å². The highest BCUT2D eigenvalue weighted by Crippen LogP contribution is 2.36. The fourth-order valence-electron chi connectivity index (χ4n) is 8.16. The van der Waals surface area contributed by atoms with Crippen molar-refractivity contribution in [2.75, 3.05) is 13.2 Å². The molecule has 0 spiro atoms. The molecule has 8 heteroatoms. The van der Waals surface area contributed by atoms with E-state index in [0.717, 1.165) is 59.1 Å². The monoisotopic (exact) mass is 948 g/mol. The van der Waals surface area contributed by atoms with Crippen molar-refractivity contribution in [1.82, 2.24) is 15.0 Å². The number of phenols is 1. The van der Waals surface area contributed by atoms with Crippen molar-refractivity contribution < 1.29 is 19.7 Å². The summed E-state index contributed by atoms with van der Waals surface area (Å²) in [5, 5.41) is 22.4. The molecule has 4 rings (SSSR count). The summed E-state index contributed by atoms with van der Waals surface area (Å²) in [6.45, 7) is 13.1. The van der Waals surface area contributed by atoms with E-state index in [2.05, 4.69) is 88.4 Å². The average Bonchev–Trinajstić information content (AvgIpc) is 3.23. The molecule has 3 aromatic carbocycles. The molecule has 7 nitrogen and oxygen atoms in total. The van der Waals surface area contributed by atoms with Gasteiger partial charge < -0.3 is 19.7 Å². The van der Waals surface area contributed by atoms with Crippen LogP contribution in [0.5, 0.6) is 11.5 Å². The summed E-state index contributed by atoms with van der Waals surface area (Å²) in [5.74, 6) is 1.92. The number of aliphatic hydroxyl groups is 1. The van der Waals surface area contributed by atoms with Gasteiger partial charge in [-0.2, -0.15) is 0 Å². The summed E-state index contributed by atoms with van der Waals surface area (Å²) in [7, 11) is 0. The van der Waals surface area contributed by atoms with Crippen molar-refractivity contribution in [2.24, 2.45) is 0 Å². The van der Waals surface area contributed by atoms with E-state index in [9.17, 15) is 10.2 Å². The van der Waals surface area contributed by atoms with Gasteiger partial charge in [-0.3, -0.25) is 0 Å². The fourth-order valence-corrected chi connectivity index (χ4v) is 9.11. The van der Waals surface area contributed by atoms with Gasteiger partial charge >= 0.3 is 0 Å². The lowest BCUT2D eigenvalue weighted by molar-refractivity contribution is -0.0399. The molecular weight excluding hydrogens is 870 g/mol. The Labute approximate surface area is 383 Å². The third kappa shape index (κ3) is 18.3. The van der Waals surface area contributed by atoms with E-state index in [1.165, 1.54) is 116 Å². The highest BCUT2D eigenvalue weighted by molar-refractivity contribution is 14.1. The predicted octanol–water partition coefficient (Wildman–Crippen LogP) is 15.3. The minimum atomic E-state index is -0.805. The number of phenolic OH excluding ortho intramolecular Hbond substituents is 1. The standard InChI is InChI=1S/C53H78IN3O4/c1-7-9-11-13-15-17-18-20-22-24-26-34-53(54,33-25-23-21-19-16-14-12-10-8-2)61-39-44(58)38-60-45-29-32-48(49(59)37-45)52-56-50(46-30-27-40(3)35-42(46)5)55-51(57-52)47-31-28-41(4)36-43(47)6/h27-32,35-37,44,58-59H,7-26,33-34,38-39H2,1-6H3. The average molecular weight is 948 g/mol. The predicted molar refractivity (Wildman–Crippen MR) is 264 cm³/mol. The van der Waals surface area contributed by atoms with Gasteiger partial charge in [-0.1, -0.05) is 177 Å². The Balaban J connectivity index is 1.35. The van der Waals surface area contributed by atoms with E-state index < -0.39 is 6.10 Å². The zero-order valence-corrected chi connectivity index (χ0v) is 40.8. The van der Waals surface area contributed by atoms with Crippen LogP contribution in [0.2, 0.25) is 0 Å². The maximum atomic E-state index is 11.3. The highest BCUT2D eigenvalue weighted by atomic mass is 127. The van der Waals surface area contributed by atoms with Gasteiger partial charge in [0.15, 0.2) is 17.5 Å². The number of ether oxygens (including phenoxy) is 2. The molecule has 2 N–H and O–H groups in total. The smallest absolute Gasteiger partial charge is 0.167 e. The lowest BCUT2D eigenvalue weighted by Gasteiger charge is -2.29. The van der Waals surface area contributed by atoms with Crippen LogP contribution < -0.4 is 4.74 Å². The molecule has 0 aliphatic carbocycles. The third-order valence-corrected chi connectivity index (χ3v) is 13.3. The number of aromatic nitrogens is 3. The van der Waals surface area contributed by atoms with Gasteiger partial charge in [0, 0.05) is 17.2 Å². The number of unbranched alkanes of at least 4 members (excludes halogenated alkanes) is 18. The number of alkyl halides is 1. The van der Waals surface area contributed by atoms with E-state index >= 15 is 0 Å². The molecule has 2 atom stereocenters. The van der Waals surface area contributed by atoms with Gasteiger partial charge in [-0.05, 0) is 99.2 Å².